The Bertz CT molecular complexity index is 339. The van der Waals surface area contributed by atoms with E-state index in [1.165, 1.54) is 0 Å². The van der Waals surface area contributed by atoms with Crippen molar-refractivity contribution in [3.8, 4) is 6.07 Å². The van der Waals surface area contributed by atoms with Crippen LogP contribution in [0.3, 0.4) is 0 Å². The van der Waals surface area contributed by atoms with Crippen molar-refractivity contribution in [1.29, 1.82) is 5.26 Å². The minimum absolute atomic E-state index is 0.459. The standard InChI is InChI=1S/C10H9BrN2/c11-7-2-1-4-9-5-3-6-10(8-12)13-9/h1,3-6H,2,7H2. The van der Waals surface area contributed by atoms with Crippen LogP contribution in [0, 0.1) is 11.3 Å². The molecule has 0 aliphatic carbocycles. The van der Waals surface area contributed by atoms with Gasteiger partial charge in [0.25, 0.3) is 0 Å². The van der Waals surface area contributed by atoms with E-state index in [0.717, 1.165) is 17.4 Å². The number of allylic oxidation sites excluding steroid dienone is 1. The molecule has 1 aromatic heterocycles. The molecule has 3 heteroatoms. The predicted octanol–water partition coefficient (Wildman–Crippen LogP) is 2.75. The number of alkyl halides is 1. The summed E-state index contributed by atoms with van der Waals surface area (Å²) < 4.78 is 0. The largest absolute Gasteiger partial charge is 0.238 e. The predicted molar refractivity (Wildman–Crippen MR) is 56.4 cm³/mol. The van der Waals surface area contributed by atoms with Gasteiger partial charge in [0.05, 0.1) is 5.69 Å². The van der Waals surface area contributed by atoms with Crippen LogP contribution in [-0.4, -0.2) is 10.3 Å². The van der Waals surface area contributed by atoms with Crippen molar-refractivity contribution in [3.63, 3.8) is 0 Å². The molecule has 1 heterocycles. The summed E-state index contributed by atoms with van der Waals surface area (Å²) in [5.41, 5.74) is 1.29. The van der Waals surface area contributed by atoms with Gasteiger partial charge in [0, 0.05) is 5.33 Å². The maximum atomic E-state index is 8.59. The van der Waals surface area contributed by atoms with Gasteiger partial charge < -0.3 is 0 Å². The second-order valence-corrected chi connectivity index (χ2v) is 3.23. The Morgan fingerprint density at radius 2 is 2.38 bits per heavy atom. The van der Waals surface area contributed by atoms with Crippen LogP contribution >= 0.6 is 15.9 Å². The maximum Gasteiger partial charge on any atom is 0.141 e. The summed E-state index contributed by atoms with van der Waals surface area (Å²) in [4.78, 5) is 4.10. The van der Waals surface area contributed by atoms with Gasteiger partial charge in [-0.1, -0.05) is 28.1 Å². The Balaban J connectivity index is 2.73. The van der Waals surface area contributed by atoms with E-state index in [2.05, 4.69) is 20.9 Å². The highest BCUT2D eigenvalue weighted by atomic mass is 79.9. The van der Waals surface area contributed by atoms with Gasteiger partial charge in [-0.15, -0.1) is 0 Å². The second-order valence-electron chi connectivity index (χ2n) is 2.44. The molecule has 0 N–H and O–H groups in total. The molecule has 0 spiro atoms. The van der Waals surface area contributed by atoms with E-state index < -0.39 is 0 Å². The number of pyridine rings is 1. The van der Waals surface area contributed by atoms with Crippen molar-refractivity contribution in [2.45, 2.75) is 6.42 Å². The molecule has 0 fully saturated rings. The van der Waals surface area contributed by atoms with Crippen LogP contribution < -0.4 is 0 Å². The number of aromatic nitrogens is 1. The number of hydrogen-bond acceptors (Lipinski definition) is 2. The smallest absolute Gasteiger partial charge is 0.141 e. The Morgan fingerprint density at radius 1 is 1.54 bits per heavy atom. The average Bonchev–Trinajstić information content (AvgIpc) is 2.19. The molecule has 1 rings (SSSR count). The van der Waals surface area contributed by atoms with Gasteiger partial charge in [0.15, 0.2) is 0 Å². The van der Waals surface area contributed by atoms with Crippen LogP contribution in [0.15, 0.2) is 24.3 Å². The Hall–Kier alpha value is -1.14. The highest BCUT2D eigenvalue weighted by molar-refractivity contribution is 9.09. The number of nitrogens with zero attached hydrogens (tertiary/aromatic N) is 2. The van der Waals surface area contributed by atoms with Gasteiger partial charge >= 0.3 is 0 Å². The summed E-state index contributed by atoms with van der Waals surface area (Å²) >= 11 is 3.33. The topological polar surface area (TPSA) is 36.7 Å². The molecule has 1 aromatic rings. The van der Waals surface area contributed by atoms with Crippen molar-refractivity contribution >= 4 is 22.0 Å². The van der Waals surface area contributed by atoms with E-state index in [1.807, 2.05) is 30.4 Å². The normalized spacial score (nSPS) is 10.2. The van der Waals surface area contributed by atoms with E-state index in [-0.39, 0.29) is 0 Å². The van der Waals surface area contributed by atoms with Gasteiger partial charge in [-0.25, -0.2) is 4.98 Å². The first-order valence-corrected chi connectivity index (χ1v) is 5.08. The molecule has 0 unspecified atom stereocenters. The van der Waals surface area contributed by atoms with Crippen molar-refractivity contribution in [3.05, 3.63) is 35.7 Å². The third-order valence-corrected chi connectivity index (χ3v) is 1.91. The molecular weight excluding hydrogens is 228 g/mol. The van der Waals surface area contributed by atoms with Gasteiger partial charge in [0.2, 0.25) is 0 Å². The van der Waals surface area contributed by atoms with E-state index in [0.29, 0.717) is 5.69 Å². The molecule has 0 amide bonds. The highest BCUT2D eigenvalue weighted by Crippen LogP contribution is 2.01. The summed E-state index contributed by atoms with van der Waals surface area (Å²) in [6.45, 7) is 0. The Morgan fingerprint density at radius 3 is 3.08 bits per heavy atom. The Kier molecular flexibility index (Phi) is 4.20. The molecule has 0 saturated carbocycles. The van der Waals surface area contributed by atoms with Gasteiger partial charge in [-0.05, 0) is 24.6 Å². The fourth-order valence-corrected chi connectivity index (χ4v) is 1.14. The summed E-state index contributed by atoms with van der Waals surface area (Å²) in [7, 11) is 0. The van der Waals surface area contributed by atoms with E-state index >= 15 is 0 Å². The zero-order chi connectivity index (χ0) is 9.52. The van der Waals surface area contributed by atoms with Crippen LogP contribution in [0.4, 0.5) is 0 Å². The van der Waals surface area contributed by atoms with Crippen molar-refractivity contribution in [2.75, 3.05) is 5.33 Å². The number of nitriles is 1. The quantitative estimate of drug-likeness (QED) is 0.758. The number of rotatable bonds is 3. The van der Waals surface area contributed by atoms with Gasteiger partial charge in [-0.3, -0.25) is 0 Å². The lowest BCUT2D eigenvalue weighted by Gasteiger charge is -1.92. The summed E-state index contributed by atoms with van der Waals surface area (Å²) in [6, 6.07) is 7.41. The third-order valence-electron chi connectivity index (χ3n) is 1.45. The van der Waals surface area contributed by atoms with Crippen molar-refractivity contribution in [1.82, 2.24) is 4.98 Å². The highest BCUT2D eigenvalue weighted by Gasteiger charge is 1.91. The first kappa shape index (κ1) is 9.94. The number of halogens is 1. The fourth-order valence-electron chi connectivity index (χ4n) is 0.874. The molecule has 0 radical (unpaired) electrons. The fraction of sp³-hybridized carbons (Fsp3) is 0.200. The van der Waals surface area contributed by atoms with Crippen LogP contribution in [0.5, 0.6) is 0 Å². The zero-order valence-electron chi connectivity index (χ0n) is 7.07. The SMILES string of the molecule is N#Cc1cccc(C=CCCBr)n1. The van der Waals surface area contributed by atoms with Crippen LogP contribution in [0.25, 0.3) is 6.08 Å². The van der Waals surface area contributed by atoms with E-state index in [4.69, 9.17) is 5.26 Å². The molecule has 0 bridgehead atoms. The molecule has 0 aliphatic rings. The lowest BCUT2D eigenvalue weighted by molar-refractivity contribution is 1.22. The third kappa shape index (κ3) is 3.39. The van der Waals surface area contributed by atoms with E-state index in [9.17, 15) is 0 Å². The summed E-state index contributed by atoms with van der Waals surface area (Å²) in [6.07, 6.45) is 4.92. The monoisotopic (exact) mass is 236 g/mol. The number of hydrogen-bond donors (Lipinski definition) is 0. The van der Waals surface area contributed by atoms with E-state index in [1.54, 1.807) is 6.07 Å². The molecule has 0 saturated heterocycles. The second kappa shape index (κ2) is 5.50. The van der Waals surface area contributed by atoms with Crippen molar-refractivity contribution < 1.29 is 0 Å². The van der Waals surface area contributed by atoms with Crippen LogP contribution in [-0.2, 0) is 0 Å². The molecule has 13 heavy (non-hydrogen) atoms. The summed E-state index contributed by atoms with van der Waals surface area (Å²) in [5.74, 6) is 0. The summed E-state index contributed by atoms with van der Waals surface area (Å²) in [5, 5.41) is 9.54. The first-order valence-electron chi connectivity index (χ1n) is 3.96. The minimum Gasteiger partial charge on any atom is -0.238 e. The lowest BCUT2D eigenvalue weighted by atomic mass is 10.3. The van der Waals surface area contributed by atoms with Gasteiger partial charge in [-0.2, -0.15) is 5.26 Å². The molecular formula is C10H9BrN2. The molecule has 2 nitrogen and oxygen atoms in total. The van der Waals surface area contributed by atoms with Crippen LogP contribution in [0.2, 0.25) is 0 Å². The van der Waals surface area contributed by atoms with Crippen LogP contribution in [0.1, 0.15) is 17.8 Å². The molecule has 0 aliphatic heterocycles. The molecule has 0 aromatic carbocycles. The minimum atomic E-state index is 0.459. The molecule has 0 atom stereocenters. The maximum absolute atomic E-state index is 8.59. The lowest BCUT2D eigenvalue weighted by Crippen LogP contribution is -1.84. The first-order chi connectivity index (χ1) is 6.36. The van der Waals surface area contributed by atoms with Crippen molar-refractivity contribution in [2.24, 2.45) is 0 Å². The molecule has 66 valence electrons. The average molecular weight is 237 g/mol. The zero-order valence-corrected chi connectivity index (χ0v) is 8.66. The van der Waals surface area contributed by atoms with Gasteiger partial charge in [0.1, 0.15) is 11.8 Å². The Labute approximate surface area is 86.0 Å².